The minimum Gasteiger partial charge on any atom is -0.378 e. The van der Waals surface area contributed by atoms with Crippen molar-refractivity contribution in [3.8, 4) is 5.95 Å². The Morgan fingerprint density at radius 3 is 2.39 bits per heavy atom. The summed E-state index contributed by atoms with van der Waals surface area (Å²) in [6, 6.07) is 7.31. The molecule has 33 heavy (non-hydrogen) atoms. The van der Waals surface area contributed by atoms with Crippen LogP contribution in [0.2, 0.25) is 0 Å². The summed E-state index contributed by atoms with van der Waals surface area (Å²) in [6.45, 7) is 4.38. The van der Waals surface area contributed by atoms with Crippen LogP contribution < -0.4 is 9.80 Å². The van der Waals surface area contributed by atoms with Crippen LogP contribution in [0.4, 0.5) is 20.7 Å². The summed E-state index contributed by atoms with van der Waals surface area (Å²) >= 11 is 0. The second-order valence-corrected chi connectivity index (χ2v) is 8.58. The molecule has 2 aliphatic heterocycles. The number of nitrogens with zero attached hydrogens (tertiary/aromatic N) is 8. The number of aromatic nitrogens is 5. The number of ether oxygens (including phenoxy) is 1. The van der Waals surface area contributed by atoms with Crippen molar-refractivity contribution in [3.05, 3.63) is 30.1 Å². The lowest BCUT2D eigenvalue weighted by molar-refractivity contribution is 0.122. The predicted octanol–water partition coefficient (Wildman–Crippen LogP) is 2.52. The van der Waals surface area contributed by atoms with Crippen LogP contribution in [0.1, 0.15) is 25.1 Å². The SMILES string of the molecule is CN1CCC(N(C)c2nc(N3CCOCC3)nc(-n3c(C(F)F)nc4ccccc43)n2)CC1. The average molecular weight is 459 g/mol. The number of halogens is 2. The summed E-state index contributed by atoms with van der Waals surface area (Å²) in [6.07, 6.45) is -0.801. The molecule has 3 aromatic rings. The monoisotopic (exact) mass is 458 g/mol. The number of alkyl halides is 2. The molecule has 5 rings (SSSR count). The Labute approximate surface area is 191 Å². The zero-order valence-electron chi connectivity index (χ0n) is 18.9. The summed E-state index contributed by atoms with van der Waals surface area (Å²) in [7, 11) is 4.09. The van der Waals surface area contributed by atoms with E-state index in [4.69, 9.17) is 9.72 Å². The van der Waals surface area contributed by atoms with E-state index in [-0.39, 0.29) is 17.8 Å². The Hall–Kier alpha value is -2.92. The Bertz CT molecular complexity index is 1110. The smallest absolute Gasteiger partial charge is 0.296 e. The molecule has 0 unspecified atom stereocenters. The van der Waals surface area contributed by atoms with Crippen LogP contribution in [0.25, 0.3) is 17.0 Å². The van der Waals surface area contributed by atoms with Gasteiger partial charge in [-0.25, -0.2) is 13.8 Å². The highest BCUT2D eigenvalue weighted by molar-refractivity contribution is 5.77. The topological polar surface area (TPSA) is 75.4 Å². The van der Waals surface area contributed by atoms with Gasteiger partial charge in [0.05, 0.1) is 24.2 Å². The number of fused-ring (bicyclic) bond motifs is 1. The number of morpholine rings is 1. The number of benzene rings is 1. The van der Waals surface area contributed by atoms with Crippen molar-refractivity contribution in [2.24, 2.45) is 0 Å². The molecule has 0 amide bonds. The third-order valence-electron chi connectivity index (χ3n) is 6.43. The van der Waals surface area contributed by atoms with Gasteiger partial charge in [0.15, 0.2) is 5.82 Å². The molecule has 176 valence electrons. The highest BCUT2D eigenvalue weighted by Crippen LogP contribution is 2.29. The molecule has 2 aromatic heterocycles. The number of likely N-dealkylation sites (tertiary alicyclic amines) is 1. The second kappa shape index (κ2) is 9.14. The van der Waals surface area contributed by atoms with E-state index in [1.54, 1.807) is 24.3 Å². The fraction of sp³-hybridized carbons (Fsp3) is 0.545. The predicted molar refractivity (Wildman–Crippen MR) is 121 cm³/mol. The number of para-hydroxylation sites is 2. The molecule has 0 saturated carbocycles. The van der Waals surface area contributed by atoms with Crippen molar-refractivity contribution >= 4 is 22.9 Å². The van der Waals surface area contributed by atoms with Crippen LogP contribution in [0.3, 0.4) is 0 Å². The molecule has 0 spiro atoms. The first-order valence-corrected chi connectivity index (χ1v) is 11.3. The van der Waals surface area contributed by atoms with Crippen LogP contribution in [0.15, 0.2) is 24.3 Å². The zero-order chi connectivity index (χ0) is 22.9. The van der Waals surface area contributed by atoms with Gasteiger partial charge in [0, 0.05) is 26.2 Å². The third kappa shape index (κ3) is 4.34. The van der Waals surface area contributed by atoms with E-state index in [0.29, 0.717) is 49.2 Å². The first-order chi connectivity index (χ1) is 16.0. The van der Waals surface area contributed by atoms with Gasteiger partial charge >= 0.3 is 0 Å². The molecule has 9 nitrogen and oxygen atoms in total. The highest BCUT2D eigenvalue weighted by Gasteiger charge is 2.27. The number of hydrogen-bond donors (Lipinski definition) is 0. The van der Waals surface area contributed by atoms with Gasteiger partial charge < -0.3 is 19.4 Å². The second-order valence-electron chi connectivity index (χ2n) is 8.58. The summed E-state index contributed by atoms with van der Waals surface area (Å²) in [4.78, 5) is 24.6. The lowest BCUT2D eigenvalue weighted by Crippen LogP contribution is -2.43. The van der Waals surface area contributed by atoms with Crippen molar-refractivity contribution in [3.63, 3.8) is 0 Å². The van der Waals surface area contributed by atoms with Gasteiger partial charge in [0.2, 0.25) is 17.8 Å². The van der Waals surface area contributed by atoms with Gasteiger partial charge in [-0.1, -0.05) is 12.1 Å². The van der Waals surface area contributed by atoms with Gasteiger partial charge in [-0.05, 0) is 45.1 Å². The van der Waals surface area contributed by atoms with Crippen LogP contribution in [0, 0.1) is 0 Å². The Kier molecular flexibility index (Phi) is 6.07. The van der Waals surface area contributed by atoms with E-state index < -0.39 is 6.43 Å². The average Bonchev–Trinajstić information content (AvgIpc) is 3.24. The molecular formula is C22H28F2N8O. The van der Waals surface area contributed by atoms with E-state index in [2.05, 4.69) is 31.8 Å². The van der Waals surface area contributed by atoms with Crippen molar-refractivity contribution < 1.29 is 13.5 Å². The molecule has 2 fully saturated rings. The fourth-order valence-corrected chi connectivity index (χ4v) is 4.45. The maximum absolute atomic E-state index is 14.0. The largest absolute Gasteiger partial charge is 0.378 e. The Morgan fingerprint density at radius 2 is 1.67 bits per heavy atom. The summed E-state index contributed by atoms with van der Waals surface area (Å²) in [5.41, 5.74) is 1.02. The molecule has 2 saturated heterocycles. The number of piperidine rings is 1. The lowest BCUT2D eigenvalue weighted by atomic mass is 10.0. The van der Waals surface area contributed by atoms with Crippen molar-refractivity contribution in [1.29, 1.82) is 0 Å². The molecule has 0 N–H and O–H groups in total. The summed E-state index contributed by atoms with van der Waals surface area (Å²) < 4.78 is 34.8. The lowest BCUT2D eigenvalue weighted by Gasteiger charge is -2.35. The normalized spacial score (nSPS) is 18.4. The van der Waals surface area contributed by atoms with E-state index in [1.807, 2.05) is 11.9 Å². The molecule has 0 atom stereocenters. The van der Waals surface area contributed by atoms with Gasteiger partial charge in [0.25, 0.3) is 6.43 Å². The number of rotatable bonds is 5. The van der Waals surface area contributed by atoms with Gasteiger partial charge in [-0.15, -0.1) is 0 Å². The van der Waals surface area contributed by atoms with Crippen LogP contribution in [-0.2, 0) is 4.74 Å². The van der Waals surface area contributed by atoms with Crippen molar-refractivity contribution in [2.75, 3.05) is 63.3 Å². The highest BCUT2D eigenvalue weighted by atomic mass is 19.3. The van der Waals surface area contributed by atoms with Gasteiger partial charge in [0.1, 0.15) is 0 Å². The van der Waals surface area contributed by atoms with Crippen LogP contribution >= 0.6 is 0 Å². The number of hydrogen-bond acceptors (Lipinski definition) is 8. The number of anilines is 2. The summed E-state index contributed by atoms with van der Waals surface area (Å²) in [5.74, 6) is 0.735. The molecule has 0 aliphatic carbocycles. The van der Waals surface area contributed by atoms with E-state index in [9.17, 15) is 8.78 Å². The van der Waals surface area contributed by atoms with Crippen molar-refractivity contribution in [2.45, 2.75) is 25.3 Å². The first-order valence-electron chi connectivity index (χ1n) is 11.3. The van der Waals surface area contributed by atoms with E-state index >= 15 is 0 Å². The van der Waals surface area contributed by atoms with E-state index in [0.717, 1.165) is 25.9 Å². The molecule has 0 radical (unpaired) electrons. The zero-order valence-corrected chi connectivity index (χ0v) is 18.9. The molecular weight excluding hydrogens is 430 g/mol. The maximum atomic E-state index is 14.0. The maximum Gasteiger partial charge on any atom is 0.296 e. The minimum atomic E-state index is -2.77. The number of imidazole rings is 1. The standard InChI is InChI=1S/C22H28F2N8O/c1-29-9-7-15(8-10-29)30(2)20-26-21(31-11-13-33-14-12-31)28-22(27-20)32-17-6-4-3-5-16(17)25-19(32)18(23)24/h3-6,15,18H,7-14H2,1-2H3. The molecule has 1 aromatic carbocycles. The molecule has 2 aliphatic rings. The van der Waals surface area contributed by atoms with Crippen molar-refractivity contribution in [1.82, 2.24) is 29.4 Å². The quantitative estimate of drug-likeness (QED) is 0.578. The Balaban J connectivity index is 1.62. The molecule has 4 heterocycles. The fourth-order valence-electron chi connectivity index (χ4n) is 4.45. The minimum absolute atomic E-state index is 0.158. The van der Waals surface area contributed by atoms with Gasteiger partial charge in [-0.2, -0.15) is 15.0 Å². The van der Waals surface area contributed by atoms with Gasteiger partial charge in [-0.3, -0.25) is 4.57 Å². The molecule has 0 bridgehead atoms. The third-order valence-corrected chi connectivity index (χ3v) is 6.43. The van der Waals surface area contributed by atoms with Crippen LogP contribution in [0.5, 0.6) is 0 Å². The molecule has 11 heteroatoms. The van der Waals surface area contributed by atoms with Crippen LogP contribution in [-0.4, -0.2) is 88.9 Å². The first kappa shape index (κ1) is 21.9. The Morgan fingerprint density at radius 1 is 0.970 bits per heavy atom. The summed E-state index contributed by atoms with van der Waals surface area (Å²) in [5, 5.41) is 0. The van der Waals surface area contributed by atoms with E-state index in [1.165, 1.54) is 4.57 Å².